The molecule has 1 saturated heterocycles. The SMILES string of the molecule is CC(=O)O.COc1cc(C)nc(OC)n1.COc1nc(C)c(I)c(OC)n1.O=C1CCC(=O)N1I. The summed E-state index contributed by atoms with van der Waals surface area (Å²) in [6.07, 6.45) is 0.781. The van der Waals surface area contributed by atoms with E-state index in [1.54, 1.807) is 43.2 Å². The van der Waals surface area contributed by atoms with Crippen LogP contribution in [0, 0.1) is 17.4 Å². The van der Waals surface area contributed by atoms with Crippen LogP contribution in [-0.2, 0) is 14.4 Å². The quantitative estimate of drug-likeness (QED) is 0.280. The molecular formula is C20H27I2N5O8. The Kier molecular flexibility index (Phi) is 15.7. The van der Waals surface area contributed by atoms with Gasteiger partial charge >= 0.3 is 12.0 Å². The molecule has 2 aromatic heterocycles. The van der Waals surface area contributed by atoms with Gasteiger partial charge in [-0.1, -0.05) is 0 Å². The Balaban J connectivity index is 0.000000467. The summed E-state index contributed by atoms with van der Waals surface area (Å²) in [5.41, 5.74) is 1.69. The number of halogens is 2. The van der Waals surface area contributed by atoms with E-state index in [4.69, 9.17) is 28.8 Å². The molecule has 194 valence electrons. The Morgan fingerprint density at radius 3 is 1.77 bits per heavy atom. The molecule has 1 aliphatic heterocycles. The Bertz CT molecular complexity index is 967. The monoisotopic (exact) mass is 719 g/mol. The van der Waals surface area contributed by atoms with Crippen molar-refractivity contribution in [3.05, 3.63) is 21.0 Å². The van der Waals surface area contributed by atoms with Crippen molar-refractivity contribution in [3.63, 3.8) is 0 Å². The van der Waals surface area contributed by atoms with E-state index < -0.39 is 5.97 Å². The number of aromatic nitrogens is 4. The molecule has 1 fully saturated rings. The fraction of sp³-hybridized carbons (Fsp3) is 0.450. The van der Waals surface area contributed by atoms with Gasteiger partial charge in [0.2, 0.25) is 23.6 Å². The fourth-order valence-corrected chi connectivity index (χ4v) is 2.94. The Morgan fingerprint density at radius 1 is 0.914 bits per heavy atom. The van der Waals surface area contributed by atoms with Gasteiger partial charge in [-0.05, 0) is 36.4 Å². The van der Waals surface area contributed by atoms with E-state index in [1.165, 1.54) is 14.2 Å². The number of ether oxygens (including phenoxy) is 4. The number of imide groups is 1. The van der Waals surface area contributed by atoms with E-state index in [-0.39, 0.29) is 11.8 Å². The number of nitrogens with zero attached hydrogens (tertiary/aromatic N) is 5. The third-order valence-electron chi connectivity index (χ3n) is 3.53. The van der Waals surface area contributed by atoms with Gasteiger partial charge in [-0.25, -0.2) is 8.10 Å². The topological polar surface area (TPSA) is 163 Å². The zero-order valence-electron chi connectivity index (χ0n) is 20.3. The highest BCUT2D eigenvalue weighted by atomic mass is 127. The summed E-state index contributed by atoms with van der Waals surface area (Å²) in [5.74, 6) is 0.0977. The molecule has 35 heavy (non-hydrogen) atoms. The van der Waals surface area contributed by atoms with Gasteiger partial charge in [0.1, 0.15) is 0 Å². The second-order valence-electron chi connectivity index (χ2n) is 6.24. The number of amides is 2. The van der Waals surface area contributed by atoms with Crippen LogP contribution in [0.4, 0.5) is 0 Å². The zero-order chi connectivity index (χ0) is 27.1. The van der Waals surface area contributed by atoms with Crippen molar-refractivity contribution in [1.82, 2.24) is 23.0 Å². The first kappa shape index (κ1) is 32.4. The third-order valence-corrected chi connectivity index (χ3v) is 5.85. The van der Waals surface area contributed by atoms with Crippen LogP contribution in [0.3, 0.4) is 0 Å². The number of methoxy groups -OCH3 is 4. The van der Waals surface area contributed by atoms with E-state index in [9.17, 15) is 9.59 Å². The number of hydrogen-bond acceptors (Lipinski definition) is 11. The number of aliphatic carboxylic acids is 1. The first-order chi connectivity index (χ1) is 16.4. The zero-order valence-corrected chi connectivity index (χ0v) is 24.6. The van der Waals surface area contributed by atoms with Gasteiger partial charge in [0, 0.05) is 31.5 Å². The number of aryl methyl sites for hydroxylation is 2. The highest BCUT2D eigenvalue weighted by Crippen LogP contribution is 2.22. The van der Waals surface area contributed by atoms with Crippen molar-refractivity contribution in [2.75, 3.05) is 28.4 Å². The molecule has 1 N–H and O–H groups in total. The minimum absolute atomic E-state index is 0.0735. The number of carbonyl (C=O) groups excluding carboxylic acids is 2. The lowest BCUT2D eigenvalue weighted by molar-refractivity contribution is -0.134. The average molecular weight is 719 g/mol. The van der Waals surface area contributed by atoms with Gasteiger partial charge in [-0.2, -0.15) is 15.0 Å². The van der Waals surface area contributed by atoms with Crippen LogP contribution in [0.25, 0.3) is 0 Å². The van der Waals surface area contributed by atoms with Crippen molar-refractivity contribution < 1.29 is 38.4 Å². The first-order valence-electron chi connectivity index (χ1n) is 9.66. The highest BCUT2D eigenvalue weighted by molar-refractivity contribution is 14.1. The molecule has 0 aliphatic carbocycles. The molecule has 0 atom stereocenters. The molecule has 2 amide bonds. The molecule has 0 radical (unpaired) electrons. The lowest BCUT2D eigenvalue weighted by Crippen LogP contribution is -2.16. The third kappa shape index (κ3) is 12.6. The molecule has 0 aromatic carbocycles. The lowest BCUT2D eigenvalue weighted by Gasteiger charge is -2.05. The van der Waals surface area contributed by atoms with Gasteiger partial charge < -0.3 is 24.1 Å². The molecule has 0 spiro atoms. The van der Waals surface area contributed by atoms with Crippen molar-refractivity contribution in [3.8, 4) is 23.8 Å². The van der Waals surface area contributed by atoms with Crippen LogP contribution in [0.1, 0.15) is 31.2 Å². The summed E-state index contributed by atoms with van der Waals surface area (Å²) in [7, 11) is 6.18. The summed E-state index contributed by atoms with van der Waals surface area (Å²) >= 11 is 3.85. The Labute approximate surface area is 230 Å². The normalized spacial score (nSPS) is 11.6. The number of carbonyl (C=O) groups is 3. The van der Waals surface area contributed by atoms with Crippen molar-refractivity contribution in [2.45, 2.75) is 33.6 Å². The van der Waals surface area contributed by atoms with Crippen LogP contribution in [0.2, 0.25) is 0 Å². The maximum absolute atomic E-state index is 10.5. The van der Waals surface area contributed by atoms with E-state index in [1.807, 2.05) is 13.8 Å². The standard InChI is InChI=1S/C7H9IN2O2.C7H10N2O2.C4H4INO2.C2H4O2/c1-4-5(8)6(11-2)10-7(9-4)12-3;1-5-4-6(10-2)9-7(8-5)11-3;5-6-3(7)1-2-4(6)8;1-2(3)4/h1-3H3;4H,1-3H3;1-2H2;1H3,(H,3,4). The molecule has 15 heteroatoms. The minimum atomic E-state index is -0.833. The summed E-state index contributed by atoms with van der Waals surface area (Å²) < 4.78 is 21.7. The fourth-order valence-electron chi connectivity index (χ4n) is 1.99. The van der Waals surface area contributed by atoms with Crippen LogP contribution < -0.4 is 18.9 Å². The van der Waals surface area contributed by atoms with Crippen LogP contribution in [0.15, 0.2) is 6.07 Å². The lowest BCUT2D eigenvalue weighted by atomic mass is 10.4. The smallest absolute Gasteiger partial charge is 0.319 e. The number of carboxylic acids is 1. The molecular weight excluding hydrogens is 692 g/mol. The summed E-state index contributed by atoms with van der Waals surface area (Å²) in [6.45, 7) is 4.82. The maximum Gasteiger partial charge on any atom is 0.319 e. The summed E-state index contributed by atoms with van der Waals surface area (Å²) in [5, 5.41) is 7.42. The number of carboxylic acid groups (broad SMARTS) is 1. The predicted octanol–water partition coefficient (Wildman–Crippen LogP) is 2.79. The second kappa shape index (κ2) is 17.0. The molecule has 0 saturated carbocycles. The highest BCUT2D eigenvalue weighted by Gasteiger charge is 2.26. The van der Waals surface area contributed by atoms with Gasteiger partial charge in [-0.3, -0.25) is 14.4 Å². The Hall–Kier alpha value is -2.57. The Morgan fingerprint density at radius 2 is 1.40 bits per heavy atom. The van der Waals surface area contributed by atoms with Gasteiger partial charge in [0.15, 0.2) is 0 Å². The number of hydrogen-bond donors (Lipinski definition) is 1. The molecule has 2 aromatic rings. The van der Waals surface area contributed by atoms with Gasteiger partial charge in [-0.15, -0.1) is 0 Å². The van der Waals surface area contributed by atoms with Gasteiger partial charge in [0.25, 0.3) is 5.97 Å². The minimum Gasteiger partial charge on any atom is -0.481 e. The molecule has 3 heterocycles. The molecule has 3 rings (SSSR count). The van der Waals surface area contributed by atoms with Crippen LogP contribution in [0.5, 0.6) is 23.8 Å². The predicted molar refractivity (Wildman–Crippen MR) is 141 cm³/mol. The van der Waals surface area contributed by atoms with Crippen LogP contribution in [-0.4, -0.2) is 74.4 Å². The molecule has 1 aliphatic rings. The van der Waals surface area contributed by atoms with E-state index in [2.05, 4.69) is 42.5 Å². The van der Waals surface area contributed by atoms with E-state index in [0.717, 1.165) is 25.0 Å². The van der Waals surface area contributed by atoms with Gasteiger partial charge in [0.05, 0.1) is 60.6 Å². The number of rotatable bonds is 4. The van der Waals surface area contributed by atoms with Crippen molar-refractivity contribution in [2.24, 2.45) is 0 Å². The summed E-state index contributed by atoms with van der Waals surface area (Å²) in [4.78, 5) is 46.0. The van der Waals surface area contributed by atoms with Crippen molar-refractivity contribution in [1.29, 1.82) is 0 Å². The van der Waals surface area contributed by atoms with Crippen molar-refractivity contribution >= 4 is 63.2 Å². The largest absolute Gasteiger partial charge is 0.481 e. The second-order valence-corrected chi connectivity index (χ2v) is 8.29. The average Bonchev–Trinajstić information content (AvgIpc) is 3.11. The molecule has 13 nitrogen and oxygen atoms in total. The van der Waals surface area contributed by atoms with E-state index in [0.29, 0.717) is 36.6 Å². The molecule has 0 bridgehead atoms. The van der Waals surface area contributed by atoms with E-state index >= 15 is 0 Å². The first-order valence-corrected chi connectivity index (χ1v) is 11.7. The van der Waals surface area contributed by atoms with Crippen LogP contribution >= 0.6 is 45.5 Å². The molecule has 0 unspecified atom stereocenters. The maximum atomic E-state index is 10.5. The summed E-state index contributed by atoms with van der Waals surface area (Å²) in [6, 6.07) is 2.41.